The molecule has 34 heavy (non-hydrogen) atoms. The Morgan fingerprint density at radius 3 is 2.62 bits per heavy atom. The Morgan fingerprint density at radius 1 is 1.09 bits per heavy atom. The van der Waals surface area contributed by atoms with E-state index in [4.69, 9.17) is 4.74 Å². The number of ether oxygens (including phenoxy) is 1. The van der Waals surface area contributed by atoms with Crippen molar-refractivity contribution in [2.45, 2.75) is 24.7 Å². The Bertz CT molecular complexity index is 1520. The van der Waals surface area contributed by atoms with Crippen LogP contribution in [0.15, 0.2) is 43.0 Å². The maximum atomic E-state index is 14.0. The highest BCUT2D eigenvalue weighted by atomic mass is 19.4. The molecule has 0 amide bonds. The van der Waals surface area contributed by atoms with Gasteiger partial charge in [0.2, 0.25) is 0 Å². The molecule has 1 aromatic carbocycles. The third-order valence-electron chi connectivity index (χ3n) is 6.07. The fraction of sp³-hybridized carbons (Fsp3) is 0.286. The second-order valence-corrected chi connectivity index (χ2v) is 8.07. The molecule has 2 atom stereocenters. The summed E-state index contributed by atoms with van der Waals surface area (Å²) in [7, 11) is 3.30. The first kappa shape index (κ1) is 20.4. The molecule has 174 valence electrons. The van der Waals surface area contributed by atoms with Crippen molar-refractivity contribution < 1.29 is 17.9 Å². The number of benzene rings is 1. The van der Waals surface area contributed by atoms with E-state index in [2.05, 4.69) is 30.6 Å². The van der Waals surface area contributed by atoms with E-state index in [9.17, 15) is 13.2 Å². The molecule has 0 saturated heterocycles. The van der Waals surface area contributed by atoms with Crippen LogP contribution in [0.4, 0.5) is 19.0 Å². The Hall–Kier alpha value is -4.16. The fourth-order valence-corrected chi connectivity index (χ4v) is 4.33. The molecule has 0 radical (unpaired) electrons. The summed E-state index contributed by atoms with van der Waals surface area (Å²) in [5.74, 6) is 1.07. The lowest BCUT2D eigenvalue weighted by Crippen LogP contribution is -2.35. The smallest absolute Gasteiger partial charge is 0.410 e. The summed E-state index contributed by atoms with van der Waals surface area (Å²) in [4.78, 5) is 8.91. The second-order valence-electron chi connectivity index (χ2n) is 8.07. The number of nitrogens with one attached hydrogen (secondary N) is 1. The minimum absolute atomic E-state index is 0.206. The van der Waals surface area contributed by atoms with E-state index in [1.165, 1.54) is 24.1 Å². The van der Waals surface area contributed by atoms with E-state index < -0.39 is 18.3 Å². The third kappa shape index (κ3) is 3.07. The number of anilines is 1. The molecule has 0 saturated carbocycles. The van der Waals surface area contributed by atoms with Crippen molar-refractivity contribution >= 4 is 22.5 Å². The van der Waals surface area contributed by atoms with Crippen molar-refractivity contribution in [3.05, 3.63) is 48.5 Å². The lowest BCUT2D eigenvalue weighted by atomic mass is 9.96. The van der Waals surface area contributed by atoms with Crippen LogP contribution in [0.2, 0.25) is 0 Å². The van der Waals surface area contributed by atoms with Crippen LogP contribution in [0.3, 0.4) is 0 Å². The predicted molar refractivity (Wildman–Crippen MR) is 115 cm³/mol. The lowest BCUT2D eigenvalue weighted by Gasteiger charge is -2.34. The normalized spacial score (nSPS) is 18.3. The number of methoxy groups -OCH3 is 1. The van der Waals surface area contributed by atoms with Crippen molar-refractivity contribution in [3.63, 3.8) is 0 Å². The highest BCUT2D eigenvalue weighted by molar-refractivity contribution is 5.89. The average Bonchev–Trinajstić information content (AvgIpc) is 3.53. The number of hydrogen-bond donors (Lipinski definition) is 1. The summed E-state index contributed by atoms with van der Waals surface area (Å²) in [6.07, 6.45) is -0.203. The van der Waals surface area contributed by atoms with Crippen molar-refractivity contribution in [1.29, 1.82) is 0 Å². The van der Waals surface area contributed by atoms with Gasteiger partial charge in [-0.05, 0) is 17.7 Å². The van der Waals surface area contributed by atoms with Gasteiger partial charge < -0.3 is 10.1 Å². The summed E-state index contributed by atoms with van der Waals surface area (Å²) in [5.41, 5.74) is 2.20. The first-order valence-corrected chi connectivity index (χ1v) is 10.4. The van der Waals surface area contributed by atoms with Gasteiger partial charge in [-0.3, -0.25) is 4.68 Å². The van der Waals surface area contributed by atoms with E-state index in [0.717, 1.165) is 4.68 Å². The minimum atomic E-state index is -4.48. The molecular weight excluding hydrogens is 451 g/mol. The van der Waals surface area contributed by atoms with Gasteiger partial charge in [-0.1, -0.05) is 12.1 Å². The van der Waals surface area contributed by atoms with Gasteiger partial charge in [0.1, 0.15) is 17.9 Å². The van der Waals surface area contributed by atoms with Gasteiger partial charge in [0.05, 0.1) is 36.5 Å². The van der Waals surface area contributed by atoms with Gasteiger partial charge >= 0.3 is 6.18 Å². The van der Waals surface area contributed by atoms with E-state index in [1.54, 1.807) is 42.2 Å². The number of fused-ring (bicyclic) bond motifs is 4. The van der Waals surface area contributed by atoms with Crippen LogP contribution < -0.4 is 10.1 Å². The van der Waals surface area contributed by atoms with Crippen LogP contribution in [-0.4, -0.2) is 52.4 Å². The minimum Gasteiger partial charge on any atom is -0.497 e. The molecule has 13 heteroatoms. The zero-order valence-electron chi connectivity index (χ0n) is 18.0. The van der Waals surface area contributed by atoms with Crippen LogP contribution in [-0.2, 0) is 7.05 Å². The second kappa shape index (κ2) is 7.17. The molecule has 0 spiro atoms. The van der Waals surface area contributed by atoms with Gasteiger partial charge in [-0.2, -0.15) is 23.4 Å². The molecule has 4 aromatic heterocycles. The molecule has 1 aliphatic heterocycles. The van der Waals surface area contributed by atoms with E-state index >= 15 is 0 Å². The van der Waals surface area contributed by atoms with Crippen LogP contribution in [0.25, 0.3) is 28.1 Å². The Balaban J connectivity index is 1.46. The highest BCUT2D eigenvalue weighted by Gasteiger charge is 2.47. The zero-order chi connectivity index (χ0) is 23.6. The van der Waals surface area contributed by atoms with Crippen LogP contribution >= 0.6 is 0 Å². The highest BCUT2D eigenvalue weighted by Crippen LogP contribution is 2.46. The number of aryl methyl sites for hydroxylation is 1. The maximum Gasteiger partial charge on any atom is 0.410 e. The number of nitrogens with zero attached hydrogens (tertiary/aromatic N) is 8. The van der Waals surface area contributed by atoms with Gasteiger partial charge in [-0.15, -0.1) is 5.10 Å². The molecule has 6 rings (SSSR count). The number of alkyl halides is 3. The molecule has 0 aliphatic carbocycles. The topological polar surface area (TPSA) is 100.0 Å². The number of halogens is 3. The Labute approximate surface area is 190 Å². The summed E-state index contributed by atoms with van der Waals surface area (Å²) >= 11 is 0. The summed E-state index contributed by atoms with van der Waals surface area (Å²) in [6, 6.07) is 4.56. The lowest BCUT2D eigenvalue weighted by molar-refractivity contribution is -0.173. The van der Waals surface area contributed by atoms with Crippen molar-refractivity contribution in [2.75, 3.05) is 12.4 Å². The molecule has 5 aromatic rings. The standard InChI is InChI=1S/C21H18F3N9O/c1-31-18-14(9-26-31)19-29-17(30-32(19)10-25-18)13-8-27-33-16(21(22,23)24)7-15(28-20(13)33)11-3-5-12(34-2)6-4-11/h3-6,8-10,15-16,28H,7H2,1-2H3/t15-,16+/m0/s1. The largest absolute Gasteiger partial charge is 0.497 e. The molecule has 10 nitrogen and oxygen atoms in total. The monoisotopic (exact) mass is 469 g/mol. The van der Waals surface area contributed by atoms with Gasteiger partial charge in [0, 0.05) is 13.5 Å². The fourth-order valence-electron chi connectivity index (χ4n) is 4.33. The van der Waals surface area contributed by atoms with Gasteiger partial charge in [0.15, 0.2) is 23.2 Å². The molecule has 5 heterocycles. The summed E-state index contributed by atoms with van der Waals surface area (Å²) in [5, 5.41) is 16.6. The van der Waals surface area contributed by atoms with Crippen LogP contribution in [0, 0.1) is 0 Å². The first-order chi connectivity index (χ1) is 16.3. The maximum absolute atomic E-state index is 14.0. The SMILES string of the molecule is COc1ccc([C@@H]2C[C@H](C(F)(F)F)n3ncc(-c4nc5c6cnn(C)c6ncn5n4)c3N2)cc1. The van der Waals surface area contributed by atoms with Crippen molar-refractivity contribution in [3.8, 4) is 17.1 Å². The van der Waals surface area contributed by atoms with Crippen molar-refractivity contribution in [1.82, 2.24) is 39.1 Å². The summed E-state index contributed by atoms with van der Waals surface area (Å²) in [6.45, 7) is 0. The molecule has 0 bridgehead atoms. The molecule has 0 fully saturated rings. The predicted octanol–water partition coefficient (Wildman–Crippen LogP) is 3.54. The van der Waals surface area contributed by atoms with Crippen LogP contribution in [0.1, 0.15) is 24.1 Å². The van der Waals surface area contributed by atoms with E-state index in [0.29, 0.717) is 33.6 Å². The van der Waals surface area contributed by atoms with E-state index in [1.807, 2.05) is 0 Å². The number of hydrogen-bond acceptors (Lipinski definition) is 7. The Morgan fingerprint density at radius 2 is 1.88 bits per heavy atom. The average molecular weight is 469 g/mol. The van der Waals surface area contributed by atoms with E-state index in [-0.39, 0.29) is 18.1 Å². The number of aromatic nitrogens is 8. The third-order valence-corrected chi connectivity index (χ3v) is 6.07. The van der Waals surface area contributed by atoms with Gasteiger partial charge in [0.25, 0.3) is 0 Å². The quantitative estimate of drug-likeness (QED) is 0.431. The molecular formula is C21H18F3N9O. The first-order valence-electron chi connectivity index (χ1n) is 10.4. The summed E-state index contributed by atoms with van der Waals surface area (Å²) < 4.78 is 51.3. The van der Waals surface area contributed by atoms with Crippen LogP contribution in [0.5, 0.6) is 5.75 Å². The molecule has 0 unspecified atom stereocenters. The molecule has 1 N–H and O–H groups in total. The van der Waals surface area contributed by atoms with Crippen molar-refractivity contribution in [2.24, 2.45) is 7.05 Å². The Kier molecular flexibility index (Phi) is 4.31. The molecule has 1 aliphatic rings. The number of rotatable bonds is 3. The van der Waals surface area contributed by atoms with Gasteiger partial charge in [-0.25, -0.2) is 19.2 Å². The zero-order valence-corrected chi connectivity index (χ0v) is 18.0.